The van der Waals surface area contributed by atoms with Crippen LogP contribution in [0.3, 0.4) is 0 Å². The van der Waals surface area contributed by atoms with E-state index in [1.807, 2.05) is 11.3 Å². The summed E-state index contributed by atoms with van der Waals surface area (Å²) in [5.41, 5.74) is 0. The number of hydrogen-bond acceptors (Lipinski definition) is 2. The number of hydrogen-bond donors (Lipinski definition) is 1. The van der Waals surface area contributed by atoms with Gasteiger partial charge in [0.1, 0.15) is 0 Å². The molecule has 66 valence electrons. The normalized spacial score (nSPS) is 25.2. The molecule has 1 atom stereocenters. The molecule has 0 radical (unpaired) electrons. The van der Waals surface area contributed by atoms with Crippen molar-refractivity contribution < 1.29 is 0 Å². The molecule has 0 saturated carbocycles. The van der Waals surface area contributed by atoms with Crippen molar-refractivity contribution in [2.75, 3.05) is 6.54 Å². The summed E-state index contributed by atoms with van der Waals surface area (Å²) in [7, 11) is 0. The molecule has 1 nitrogen and oxygen atoms in total. The minimum Gasteiger partial charge on any atom is -0.309 e. The van der Waals surface area contributed by atoms with E-state index in [1.165, 1.54) is 37.1 Å². The third-order valence-corrected chi connectivity index (χ3v) is 3.43. The first kappa shape index (κ1) is 8.27. The Bertz CT molecular complexity index is 210. The van der Waals surface area contributed by atoms with Crippen LogP contribution in [0.5, 0.6) is 0 Å². The second-order valence-electron chi connectivity index (χ2n) is 3.37. The molecule has 0 amide bonds. The van der Waals surface area contributed by atoms with Crippen molar-refractivity contribution in [1.82, 2.24) is 5.32 Å². The Morgan fingerprint density at radius 3 is 3.17 bits per heavy atom. The maximum Gasteiger partial charge on any atom is 0.0414 e. The van der Waals surface area contributed by atoms with Crippen molar-refractivity contribution in [3.8, 4) is 0 Å². The summed E-state index contributed by atoms with van der Waals surface area (Å²) in [5, 5.41) is 5.76. The van der Waals surface area contributed by atoms with Crippen LogP contribution < -0.4 is 5.32 Å². The molecule has 1 aliphatic heterocycles. The fourth-order valence-corrected chi connectivity index (χ4v) is 2.60. The summed E-state index contributed by atoms with van der Waals surface area (Å²) in [4.78, 5) is 1.51. The molecule has 1 N–H and O–H groups in total. The quantitative estimate of drug-likeness (QED) is 0.702. The van der Waals surface area contributed by atoms with Gasteiger partial charge in [-0.2, -0.15) is 0 Å². The Labute approximate surface area is 77.8 Å². The van der Waals surface area contributed by atoms with E-state index in [0.29, 0.717) is 6.04 Å². The van der Waals surface area contributed by atoms with Crippen molar-refractivity contribution >= 4 is 11.3 Å². The smallest absolute Gasteiger partial charge is 0.0414 e. The van der Waals surface area contributed by atoms with Gasteiger partial charge in [0.25, 0.3) is 0 Å². The lowest BCUT2D eigenvalue weighted by atomic mass is 10.1. The molecule has 1 aromatic rings. The molecule has 2 rings (SSSR count). The fraction of sp³-hybridized carbons (Fsp3) is 0.600. The standard InChI is InChI=1S/C10H15NS/c1-2-5-9(11-7-3-1)10-6-4-8-12-10/h4,6,8-9,11H,1-3,5,7H2/t9-/m1/s1. The largest absolute Gasteiger partial charge is 0.309 e. The maximum absolute atomic E-state index is 3.59. The summed E-state index contributed by atoms with van der Waals surface area (Å²) < 4.78 is 0. The lowest BCUT2D eigenvalue weighted by Gasteiger charge is -2.12. The number of rotatable bonds is 1. The van der Waals surface area contributed by atoms with Crippen LogP contribution in [0.1, 0.15) is 36.6 Å². The van der Waals surface area contributed by atoms with Gasteiger partial charge >= 0.3 is 0 Å². The molecule has 1 fully saturated rings. The van der Waals surface area contributed by atoms with E-state index in [9.17, 15) is 0 Å². The zero-order valence-corrected chi connectivity index (χ0v) is 8.07. The van der Waals surface area contributed by atoms with E-state index < -0.39 is 0 Å². The molecule has 1 aliphatic rings. The highest BCUT2D eigenvalue weighted by atomic mass is 32.1. The summed E-state index contributed by atoms with van der Waals surface area (Å²) >= 11 is 1.88. The molecular weight excluding hydrogens is 166 g/mol. The second-order valence-corrected chi connectivity index (χ2v) is 4.35. The highest BCUT2D eigenvalue weighted by molar-refractivity contribution is 7.10. The lowest BCUT2D eigenvalue weighted by Crippen LogP contribution is -2.19. The molecule has 0 aromatic carbocycles. The van der Waals surface area contributed by atoms with Crippen LogP contribution in [0, 0.1) is 0 Å². The van der Waals surface area contributed by atoms with E-state index in [1.54, 1.807) is 0 Å². The zero-order chi connectivity index (χ0) is 8.23. The topological polar surface area (TPSA) is 12.0 Å². The Morgan fingerprint density at radius 2 is 2.33 bits per heavy atom. The van der Waals surface area contributed by atoms with Gasteiger partial charge in [0.2, 0.25) is 0 Å². The molecular formula is C10H15NS. The van der Waals surface area contributed by atoms with Crippen molar-refractivity contribution in [2.24, 2.45) is 0 Å². The van der Waals surface area contributed by atoms with Crippen molar-refractivity contribution in [1.29, 1.82) is 0 Å². The van der Waals surface area contributed by atoms with Gasteiger partial charge in [-0.3, -0.25) is 0 Å². The van der Waals surface area contributed by atoms with E-state index in [-0.39, 0.29) is 0 Å². The van der Waals surface area contributed by atoms with Crippen LogP contribution in [0.25, 0.3) is 0 Å². The number of thiophene rings is 1. The molecule has 0 aliphatic carbocycles. The first-order valence-electron chi connectivity index (χ1n) is 4.73. The van der Waals surface area contributed by atoms with Crippen LogP contribution in [-0.2, 0) is 0 Å². The Morgan fingerprint density at radius 1 is 1.33 bits per heavy atom. The van der Waals surface area contributed by atoms with E-state index in [0.717, 1.165) is 0 Å². The molecule has 0 bridgehead atoms. The minimum atomic E-state index is 0.646. The van der Waals surface area contributed by atoms with Crippen LogP contribution >= 0.6 is 11.3 Å². The first-order chi connectivity index (χ1) is 5.97. The van der Waals surface area contributed by atoms with Gasteiger partial charge in [-0.15, -0.1) is 11.3 Å². The summed E-state index contributed by atoms with van der Waals surface area (Å²) in [5.74, 6) is 0. The first-order valence-corrected chi connectivity index (χ1v) is 5.61. The van der Waals surface area contributed by atoms with E-state index in [2.05, 4.69) is 22.8 Å². The van der Waals surface area contributed by atoms with Crippen molar-refractivity contribution in [2.45, 2.75) is 31.7 Å². The van der Waals surface area contributed by atoms with Crippen LogP contribution in [0.4, 0.5) is 0 Å². The van der Waals surface area contributed by atoms with Gasteiger partial charge in [0.15, 0.2) is 0 Å². The molecule has 2 heterocycles. The monoisotopic (exact) mass is 181 g/mol. The Kier molecular flexibility index (Phi) is 2.79. The second kappa shape index (κ2) is 4.06. The van der Waals surface area contributed by atoms with Crippen molar-refractivity contribution in [3.05, 3.63) is 22.4 Å². The molecule has 2 heteroatoms. The van der Waals surface area contributed by atoms with Gasteiger partial charge in [-0.25, -0.2) is 0 Å². The maximum atomic E-state index is 3.59. The van der Waals surface area contributed by atoms with Gasteiger partial charge in [0, 0.05) is 10.9 Å². The zero-order valence-electron chi connectivity index (χ0n) is 7.25. The Balaban J connectivity index is 2.02. The summed E-state index contributed by atoms with van der Waals surface area (Å²) in [6, 6.07) is 5.03. The SMILES string of the molecule is c1csc([C@H]2CCCCCN2)c1. The highest BCUT2D eigenvalue weighted by Crippen LogP contribution is 2.25. The highest BCUT2D eigenvalue weighted by Gasteiger charge is 2.13. The van der Waals surface area contributed by atoms with Gasteiger partial charge in [-0.05, 0) is 30.8 Å². The van der Waals surface area contributed by atoms with Crippen LogP contribution in [0.2, 0.25) is 0 Å². The van der Waals surface area contributed by atoms with E-state index >= 15 is 0 Å². The third-order valence-electron chi connectivity index (χ3n) is 2.45. The summed E-state index contributed by atoms with van der Waals surface area (Å²) in [6.07, 6.45) is 5.45. The molecule has 1 saturated heterocycles. The molecule has 12 heavy (non-hydrogen) atoms. The average Bonchev–Trinajstić information content (AvgIpc) is 2.48. The van der Waals surface area contributed by atoms with Crippen molar-refractivity contribution in [3.63, 3.8) is 0 Å². The Hall–Kier alpha value is -0.340. The third kappa shape index (κ3) is 1.87. The van der Waals surface area contributed by atoms with Gasteiger partial charge < -0.3 is 5.32 Å². The number of nitrogens with one attached hydrogen (secondary N) is 1. The molecule has 0 unspecified atom stereocenters. The lowest BCUT2D eigenvalue weighted by molar-refractivity contribution is 0.543. The average molecular weight is 181 g/mol. The van der Waals surface area contributed by atoms with Crippen LogP contribution in [-0.4, -0.2) is 6.54 Å². The predicted octanol–water partition coefficient (Wildman–Crippen LogP) is 2.95. The van der Waals surface area contributed by atoms with Gasteiger partial charge in [-0.1, -0.05) is 18.9 Å². The van der Waals surface area contributed by atoms with Gasteiger partial charge in [0.05, 0.1) is 0 Å². The minimum absolute atomic E-state index is 0.646. The fourth-order valence-electron chi connectivity index (χ4n) is 1.76. The summed E-state index contributed by atoms with van der Waals surface area (Å²) in [6.45, 7) is 1.20. The molecule has 0 spiro atoms. The van der Waals surface area contributed by atoms with E-state index in [4.69, 9.17) is 0 Å². The van der Waals surface area contributed by atoms with Crippen LogP contribution in [0.15, 0.2) is 17.5 Å². The predicted molar refractivity (Wildman–Crippen MR) is 53.5 cm³/mol. The molecule has 1 aromatic heterocycles.